The molecule has 0 saturated carbocycles. The fourth-order valence-electron chi connectivity index (χ4n) is 2.75. The van der Waals surface area contributed by atoms with E-state index < -0.39 is 0 Å². The monoisotopic (exact) mass is 360 g/mol. The van der Waals surface area contributed by atoms with Crippen molar-refractivity contribution in [2.24, 2.45) is 0 Å². The third-order valence-electron chi connectivity index (χ3n) is 4.15. The van der Waals surface area contributed by atoms with Crippen molar-refractivity contribution in [3.05, 3.63) is 90.5 Å². The molecule has 3 aromatic carbocycles. The smallest absolute Gasteiger partial charge is 0.225 e. The number of nitrogens with zero attached hydrogens (tertiary/aromatic N) is 1. The van der Waals surface area contributed by atoms with Crippen LogP contribution in [0.1, 0.15) is 12.0 Å². The van der Waals surface area contributed by atoms with Gasteiger partial charge in [-0.25, -0.2) is 0 Å². The molecule has 0 aromatic heterocycles. The second-order valence-electron chi connectivity index (χ2n) is 6.43. The lowest BCUT2D eigenvalue weighted by molar-refractivity contribution is -0.116. The van der Waals surface area contributed by atoms with Crippen molar-refractivity contribution in [1.82, 2.24) is 4.90 Å². The maximum atomic E-state index is 12.4. The van der Waals surface area contributed by atoms with Crippen LogP contribution in [0, 0.1) is 0 Å². The summed E-state index contributed by atoms with van der Waals surface area (Å²) in [4.78, 5) is 14.5. The number of para-hydroxylation sites is 3. The van der Waals surface area contributed by atoms with Crippen molar-refractivity contribution in [2.75, 3.05) is 18.9 Å². The number of nitrogens with one attached hydrogen (secondary N) is 1. The van der Waals surface area contributed by atoms with Crippen LogP contribution in [0.3, 0.4) is 0 Å². The fourth-order valence-corrected chi connectivity index (χ4v) is 2.75. The molecule has 0 radical (unpaired) electrons. The largest absolute Gasteiger partial charge is 0.455 e. The molecule has 4 heteroatoms. The SMILES string of the molecule is CN(CCC(=O)Nc1ccccc1Oc1ccccc1)Cc1ccccc1. The Balaban J connectivity index is 1.53. The summed E-state index contributed by atoms with van der Waals surface area (Å²) in [5.74, 6) is 1.34. The molecule has 1 N–H and O–H groups in total. The predicted molar refractivity (Wildman–Crippen MR) is 109 cm³/mol. The van der Waals surface area contributed by atoms with E-state index in [1.54, 1.807) is 0 Å². The summed E-state index contributed by atoms with van der Waals surface area (Å²) < 4.78 is 5.89. The summed E-state index contributed by atoms with van der Waals surface area (Å²) in [6, 6.07) is 27.3. The standard InChI is InChI=1S/C23H24N2O2/c1-25(18-19-10-4-2-5-11-19)17-16-23(26)24-21-14-8-9-15-22(21)27-20-12-6-3-7-13-20/h2-15H,16-18H2,1H3,(H,24,26). The topological polar surface area (TPSA) is 41.6 Å². The first-order valence-electron chi connectivity index (χ1n) is 9.05. The lowest BCUT2D eigenvalue weighted by Gasteiger charge is -2.17. The van der Waals surface area contributed by atoms with Crippen LogP contribution < -0.4 is 10.1 Å². The Hall–Kier alpha value is -3.11. The van der Waals surface area contributed by atoms with Crippen LogP contribution in [-0.4, -0.2) is 24.4 Å². The van der Waals surface area contributed by atoms with E-state index in [1.807, 2.05) is 79.8 Å². The number of hydrogen-bond donors (Lipinski definition) is 1. The van der Waals surface area contributed by atoms with Gasteiger partial charge in [-0.15, -0.1) is 0 Å². The third-order valence-corrected chi connectivity index (χ3v) is 4.15. The van der Waals surface area contributed by atoms with Gasteiger partial charge in [0.25, 0.3) is 0 Å². The zero-order valence-corrected chi connectivity index (χ0v) is 15.5. The van der Waals surface area contributed by atoms with Crippen LogP contribution >= 0.6 is 0 Å². The van der Waals surface area contributed by atoms with Gasteiger partial charge in [-0.2, -0.15) is 0 Å². The van der Waals surface area contributed by atoms with E-state index in [2.05, 4.69) is 22.3 Å². The van der Waals surface area contributed by atoms with E-state index in [4.69, 9.17) is 4.74 Å². The van der Waals surface area contributed by atoms with E-state index in [9.17, 15) is 4.79 Å². The van der Waals surface area contributed by atoms with Gasteiger partial charge in [0.05, 0.1) is 5.69 Å². The van der Waals surface area contributed by atoms with Gasteiger partial charge in [-0.05, 0) is 36.9 Å². The van der Waals surface area contributed by atoms with Crippen LogP contribution in [0.25, 0.3) is 0 Å². The molecule has 3 aromatic rings. The Morgan fingerprint density at radius 2 is 1.52 bits per heavy atom. The predicted octanol–water partition coefficient (Wildman–Crippen LogP) is 4.94. The van der Waals surface area contributed by atoms with Gasteiger partial charge < -0.3 is 15.0 Å². The zero-order valence-electron chi connectivity index (χ0n) is 15.5. The van der Waals surface area contributed by atoms with Gasteiger partial charge >= 0.3 is 0 Å². The van der Waals surface area contributed by atoms with Crippen LogP contribution in [0.4, 0.5) is 5.69 Å². The molecule has 0 atom stereocenters. The summed E-state index contributed by atoms with van der Waals surface area (Å²) in [5.41, 5.74) is 1.92. The average molecular weight is 360 g/mol. The third kappa shape index (κ3) is 5.97. The number of hydrogen-bond acceptors (Lipinski definition) is 3. The molecule has 3 rings (SSSR count). The zero-order chi connectivity index (χ0) is 18.9. The molecule has 0 aliphatic carbocycles. The number of rotatable bonds is 8. The Morgan fingerprint density at radius 1 is 0.889 bits per heavy atom. The first-order valence-corrected chi connectivity index (χ1v) is 9.05. The van der Waals surface area contributed by atoms with Crippen molar-refractivity contribution in [3.63, 3.8) is 0 Å². The average Bonchev–Trinajstić information content (AvgIpc) is 2.69. The van der Waals surface area contributed by atoms with Crippen molar-refractivity contribution < 1.29 is 9.53 Å². The molecular formula is C23H24N2O2. The first kappa shape index (κ1) is 18.7. The van der Waals surface area contributed by atoms with Crippen molar-refractivity contribution in [2.45, 2.75) is 13.0 Å². The fraction of sp³-hybridized carbons (Fsp3) is 0.174. The highest BCUT2D eigenvalue weighted by molar-refractivity contribution is 5.92. The van der Waals surface area contributed by atoms with Gasteiger partial charge in [0.15, 0.2) is 5.75 Å². The summed E-state index contributed by atoms with van der Waals surface area (Å²) in [6.07, 6.45) is 0.420. The van der Waals surface area contributed by atoms with Crippen LogP contribution in [0.5, 0.6) is 11.5 Å². The van der Waals surface area contributed by atoms with Crippen LogP contribution in [0.2, 0.25) is 0 Å². The summed E-state index contributed by atoms with van der Waals surface area (Å²) >= 11 is 0. The number of carbonyl (C=O) groups is 1. The van der Waals surface area contributed by atoms with Crippen molar-refractivity contribution >= 4 is 11.6 Å². The maximum Gasteiger partial charge on any atom is 0.225 e. The van der Waals surface area contributed by atoms with Crippen molar-refractivity contribution in [1.29, 1.82) is 0 Å². The highest BCUT2D eigenvalue weighted by Crippen LogP contribution is 2.29. The first-order chi connectivity index (χ1) is 13.2. The van der Waals surface area contributed by atoms with Crippen LogP contribution in [0.15, 0.2) is 84.9 Å². The van der Waals surface area contributed by atoms with E-state index in [-0.39, 0.29) is 5.91 Å². The second-order valence-corrected chi connectivity index (χ2v) is 6.43. The minimum atomic E-state index is -0.0287. The van der Waals surface area contributed by atoms with Gasteiger partial charge in [-0.3, -0.25) is 4.79 Å². The van der Waals surface area contributed by atoms with E-state index >= 15 is 0 Å². The van der Waals surface area contributed by atoms with Gasteiger partial charge in [0.2, 0.25) is 5.91 Å². The summed E-state index contributed by atoms with van der Waals surface area (Å²) in [6.45, 7) is 1.50. The quantitative estimate of drug-likeness (QED) is 0.619. The Labute approximate surface area is 160 Å². The molecule has 1 amide bonds. The Morgan fingerprint density at radius 3 is 2.26 bits per heavy atom. The second kappa shape index (κ2) is 9.55. The highest BCUT2D eigenvalue weighted by atomic mass is 16.5. The van der Waals surface area contributed by atoms with Gasteiger partial charge in [-0.1, -0.05) is 60.7 Å². The van der Waals surface area contributed by atoms with E-state index in [0.29, 0.717) is 24.4 Å². The summed E-state index contributed by atoms with van der Waals surface area (Å²) in [5, 5.41) is 2.96. The molecule has 0 saturated heterocycles. The summed E-state index contributed by atoms with van der Waals surface area (Å²) in [7, 11) is 2.02. The number of ether oxygens (including phenoxy) is 1. The highest BCUT2D eigenvalue weighted by Gasteiger charge is 2.10. The molecular weight excluding hydrogens is 336 g/mol. The maximum absolute atomic E-state index is 12.4. The molecule has 0 aliphatic heterocycles. The number of amides is 1. The lowest BCUT2D eigenvalue weighted by Crippen LogP contribution is -2.24. The number of carbonyl (C=O) groups excluding carboxylic acids is 1. The minimum Gasteiger partial charge on any atom is -0.455 e. The van der Waals surface area contributed by atoms with Crippen molar-refractivity contribution in [3.8, 4) is 11.5 Å². The Bertz CT molecular complexity index is 851. The lowest BCUT2D eigenvalue weighted by atomic mass is 10.2. The van der Waals surface area contributed by atoms with E-state index in [0.717, 1.165) is 12.3 Å². The molecule has 138 valence electrons. The molecule has 0 bridgehead atoms. The minimum absolute atomic E-state index is 0.0287. The Kier molecular flexibility index (Phi) is 6.61. The van der Waals surface area contributed by atoms with Crippen LogP contribution in [-0.2, 0) is 11.3 Å². The molecule has 4 nitrogen and oxygen atoms in total. The molecule has 27 heavy (non-hydrogen) atoms. The molecule has 0 spiro atoms. The molecule has 0 fully saturated rings. The molecule has 0 unspecified atom stereocenters. The molecule has 0 heterocycles. The number of anilines is 1. The van der Waals surface area contributed by atoms with Gasteiger partial charge in [0.1, 0.15) is 5.75 Å². The normalized spacial score (nSPS) is 10.6. The molecule has 0 aliphatic rings. The number of benzene rings is 3. The van der Waals surface area contributed by atoms with E-state index in [1.165, 1.54) is 5.56 Å². The van der Waals surface area contributed by atoms with Gasteiger partial charge in [0, 0.05) is 19.5 Å².